The van der Waals surface area contributed by atoms with Crippen molar-refractivity contribution >= 4 is 29.0 Å². The molecule has 70 valence electrons. The number of halogens is 1. The Morgan fingerprint density at radius 2 is 2.14 bits per heavy atom. The fourth-order valence-corrected chi connectivity index (χ4v) is 1.81. The normalized spacial score (nSPS) is 11.5. The molecule has 0 aliphatic heterocycles. The molecule has 4 nitrogen and oxygen atoms in total. The first kappa shape index (κ1) is 7.81. The summed E-state index contributed by atoms with van der Waals surface area (Å²) in [4.78, 5) is 8.31. The van der Waals surface area contributed by atoms with Crippen LogP contribution in [-0.2, 0) is 0 Å². The third-order valence-corrected chi connectivity index (χ3v) is 2.56. The van der Waals surface area contributed by atoms with Gasteiger partial charge in [0.15, 0.2) is 18.0 Å². The molecule has 0 fully saturated rings. The number of imidazole rings is 1. The van der Waals surface area contributed by atoms with Gasteiger partial charge >= 0.3 is 0 Å². The molecule has 3 aromatic heterocycles. The molecule has 0 bridgehead atoms. The summed E-state index contributed by atoms with van der Waals surface area (Å²) in [5.74, 6) is 0. The van der Waals surface area contributed by atoms with Gasteiger partial charge < -0.3 is 0 Å². The summed E-state index contributed by atoms with van der Waals surface area (Å²) in [5, 5.41) is 0.850. The van der Waals surface area contributed by atoms with Crippen LogP contribution >= 0.6 is 12.3 Å². The minimum absolute atomic E-state index is 0.133. The topological polar surface area (TPSA) is 35.1 Å². The van der Waals surface area contributed by atoms with Gasteiger partial charge in [0.25, 0.3) is 0 Å². The van der Waals surface area contributed by atoms with E-state index in [0.717, 1.165) is 11.0 Å². The van der Waals surface area contributed by atoms with Gasteiger partial charge in [0.1, 0.15) is 12.0 Å². The Morgan fingerprint density at radius 3 is 3.00 bits per heavy atom. The maximum Gasteiger partial charge on any atom is 0.171 e. The number of hydrogen-bond donors (Lipinski definition) is 0. The molecular weight excluding hydrogens is 203 g/mol. The second-order valence-electron chi connectivity index (χ2n) is 2.85. The molecule has 3 rings (SSSR count). The van der Waals surface area contributed by atoms with Crippen molar-refractivity contribution < 1.29 is 3.89 Å². The highest BCUT2D eigenvalue weighted by Gasteiger charge is 2.07. The van der Waals surface area contributed by atoms with E-state index < -0.39 is 0 Å². The van der Waals surface area contributed by atoms with Crippen molar-refractivity contribution in [3.8, 4) is 0 Å². The van der Waals surface area contributed by atoms with Gasteiger partial charge in [-0.25, -0.2) is 13.9 Å². The Kier molecular flexibility index (Phi) is 1.51. The molecular formula is C8H5FN4S. The molecule has 0 aliphatic rings. The van der Waals surface area contributed by atoms with Gasteiger partial charge in [-0.05, 0) is 6.07 Å². The van der Waals surface area contributed by atoms with Crippen LogP contribution in [-0.4, -0.2) is 18.3 Å². The molecule has 0 unspecified atom stereocenters. The SMILES string of the molecule is FSn1ccc2c1ncn1ccnc21. The lowest BCUT2D eigenvalue weighted by Crippen LogP contribution is -1.89. The lowest BCUT2D eigenvalue weighted by atomic mass is 10.4. The van der Waals surface area contributed by atoms with Crippen molar-refractivity contribution in [3.05, 3.63) is 31.0 Å². The van der Waals surface area contributed by atoms with Gasteiger partial charge in [-0.15, -0.1) is 3.89 Å². The summed E-state index contributed by atoms with van der Waals surface area (Å²) in [6.45, 7) is 0. The molecule has 0 aromatic carbocycles. The predicted molar refractivity (Wildman–Crippen MR) is 52.6 cm³/mol. The van der Waals surface area contributed by atoms with Gasteiger partial charge in [-0.3, -0.25) is 4.40 Å². The zero-order valence-corrected chi connectivity index (χ0v) is 7.78. The molecule has 0 atom stereocenters. The smallest absolute Gasteiger partial charge is 0.171 e. The van der Waals surface area contributed by atoms with E-state index in [9.17, 15) is 3.89 Å². The molecule has 0 saturated carbocycles. The van der Waals surface area contributed by atoms with E-state index in [1.165, 1.54) is 3.97 Å². The third kappa shape index (κ3) is 0.884. The van der Waals surface area contributed by atoms with Crippen molar-refractivity contribution in [1.82, 2.24) is 18.3 Å². The van der Waals surface area contributed by atoms with E-state index in [0.29, 0.717) is 5.65 Å². The first-order valence-corrected chi connectivity index (χ1v) is 4.65. The van der Waals surface area contributed by atoms with Crippen molar-refractivity contribution in [2.45, 2.75) is 0 Å². The fraction of sp³-hybridized carbons (Fsp3) is 0. The molecule has 0 aliphatic carbocycles. The number of nitrogens with zero attached hydrogens (tertiary/aromatic N) is 4. The van der Waals surface area contributed by atoms with Crippen molar-refractivity contribution in [3.63, 3.8) is 0 Å². The monoisotopic (exact) mass is 208 g/mol. The summed E-state index contributed by atoms with van der Waals surface area (Å²) in [6.07, 6.45) is 6.76. The summed E-state index contributed by atoms with van der Waals surface area (Å²) in [6, 6.07) is 1.80. The van der Waals surface area contributed by atoms with Gasteiger partial charge in [0.05, 0.1) is 5.39 Å². The van der Waals surface area contributed by atoms with Crippen LogP contribution in [0.4, 0.5) is 3.89 Å². The van der Waals surface area contributed by atoms with Gasteiger partial charge in [0.2, 0.25) is 0 Å². The van der Waals surface area contributed by atoms with Crippen LogP contribution in [0.3, 0.4) is 0 Å². The number of aromatic nitrogens is 4. The summed E-state index contributed by atoms with van der Waals surface area (Å²) in [5.41, 5.74) is 1.39. The van der Waals surface area contributed by atoms with Crippen LogP contribution in [0.1, 0.15) is 0 Å². The van der Waals surface area contributed by atoms with E-state index in [1.807, 2.05) is 6.20 Å². The van der Waals surface area contributed by atoms with E-state index in [-0.39, 0.29) is 12.3 Å². The number of fused-ring (bicyclic) bond motifs is 3. The third-order valence-electron chi connectivity index (χ3n) is 2.11. The predicted octanol–water partition coefficient (Wildman–Crippen LogP) is 2.06. The molecule has 3 heterocycles. The van der Waals surface area contributed by atoms with Gasteiger partial charge in [0, 0.05) is 18.6 Å². The summed E-state index contributed by atoms with van der Waals surface area (Å²) in [7, 11) is 0. The fourth-order valence-electron chi connectivity index (χ4n) is 1.49. The highest BCUT2D eigenvalue weighted by Crippen LogP contribution is 2.21. The molecule has 0 spiro atoms. The van der Waals surface area contributed by atoms with Crippen LogP contribution in [0.2, 0.25) is 0 Å². The van der Waals surface area contributed by atoms with Crippen molar-refractivity contribution in [2.75, 3.05) is 0 Å². The lowest BCUT2D eigenvalue weighted by Gasteiger charge is -1.96. The molecule has 14 heavy (non-hydrogen) atoms. The second-order valence-corrected chi connectivity index (χ2v) is 3.38. The summed E-state index contributed by atoms with van der Waals surface area (Å²) >= 11 is 0.133. The minimum atomic E-state index is 0.133. The first-order chi connectivity index (χ1) is 6.90. The zero-order valence-electron chi connectivity index (χ0n) is 6.96. The Labute approximate surface area is 82.8 Å². The number of rotatable bonds is 1. The standard InChI is InChI=1S/C8H5FN4S/c9-14-13-3-1-6-7-10-2-4-12(7)5-11-8(6)13/h1-5H. The molecule has 0 N–H and O–H groups in total. The maximum absolute atomic E-state index is 12.4. The van der Waals surface area contributed by atoms with E-state index in [2.05, 4.69) is 9.97 Å². The Morgan fingerprint density at radius 1 is 1.21 bits per heavy atom. The molecule has 0 radical (unpaired) electrons. The van der Waals surface area contributed by atoms with Crippen LogP contribution in [0.15, 0.2) is 31.0 Å². The average Bonchev–Trinajstić information content (AvgIpc) is 2.82. The lowest BCUT2D eigenvalue weighted by molar-refractivity contribution is 0.918. The van der Waals surface area contributed by atoms with Gasteiger partial charge in [-0.1, -0.05) is 0 Å². The zero-order chi connectivity index (χ0) is 9.54. The van der Waals surface area contributed by atoms with E-state index in [4.69, 9.17) is 0 Å². The second kappa shape index (κ2) is 2.71. The van der Waals surface area contributed by atoms with E-state index in [1.54, 1.807) is 29.2 Å². The number of hydrogen-bond acceptors (Lipinski definition) is 3. The Balaban J connectivity index is 2.52. The Hall–Kier alpha value is -1.56. The van der Waals surface area contributed by atoms with Crippen LogP contribution in [0.25, 0.3) is 16.7 Å². The molecule has 0 amide bonds. The highest BCUT2D eigenvalue weighted by atomic mass is 32.2. The van der Waals surface area contributed by atoms with Crippen molar-refractivity contribution in [2.24, 2.45) is 0 Å². The van der Waals surface area contributed by atoms with Gasteiger partial charge in [-0.2, -0.15) is 0 Å². The molecule has 3 aromatic rings. The van der Waals surface area contributed by atoms with E-state index >= 15 is 0 Å². The van der Waals surface area contributed by atoms with Crippen LogP contribution in [0, 0.1) is 0 Å². The largest absolute Gasteiger partial charge is 0.290 e. The quantitative estimate of drug-likeness (QED) is 0.614. The first-order valence-electron chi connectivity index (χ1n) is 3.98. The maximum atomic E-state index is 12.4. The summed E-state index contributed by atoms with van der Waals surface area (Å²) < 4.78 is 15.6. The van der Waals surface area contributed by atoms with Crippen LogP contribution in [0.5, 0.6) is 0 Å². The molecule has 6 heteroatoms. The molecule has 0 saturated heterocycles. The van der Waals surface area contributed by atoms with Crippen LogP contribution < -0.4 is 0 Å². The minimum Gasteiger partial charge on any atom is -0.290 e. The highest BCUT2D eigenvalue weighted by molar-refractivity contribution is 7.92. The van der Waals surface area contributed by atoms with Crippen molar-refractivity contribution in [1.29, 1.82) is 0 Å². The Bertz CT molecular complexity index is 599. The average molecular weight is 208 g/mol.